The average Bonchev–Trinajstić information content (AvgIpc) is 3.09. The molecular formula is C16H26N4O5S. The van der Waals surface area contributed by atoms with E-state index < -0.39 is 10.0 Å². The van der Waals surface area contributed by atoms with E-state index in [1.54, 1.807) is 11.9 Å². The van der Waals surface area contributed by atoms with Gasteiger partial charge in [0.05, 0.1) is 12.8 Å². The van der Waals surface area contributed by atoms with Crippen LogP contribution in [0.5, 0.6) is 0 Å². The number of carbonyl (C=O) groups excluding carboxylic acids is 1. The third-order valence-corrected chi connectivity index (χ3v) is 6.39. The molecule has 0 bridgehead atoms. The lowest BCUT2D eigenvalue weighted by Gasteiger charge is -2.28. The fourth-order valence-electron chi connectivity index (χ4n) is 3.48. The maximum Gasteiger partial charge on any atom is 0.246 e. The van der Waals surface area contributed by atoms with Crippen molar-refractivity contribution in [2.75, 3.05) is 39.6 Å². The first-order valence-electron chi connectivity index (χ1n) is 8.95. The van der Waals surface area contributed by atoms with Gasteiger partial charge in [0.1, 0.15) is 0 Å². The van der Waals surface area contributed by atoms with Crippen LogP contribution in [0, 0.1) is 5.92 Å². The van der Waals surface area contributed by atoms with Gasteiger partial charge >= 0.3 is 0 Å². The summed E-state index contributed by atoms with van der Waals surface area (Å²) < 4.78 is 35.2. The van der Waals surface area contributed by atoms with E-state index in [0.29, 0.717) is 50.9 Å². The molecule has 3 heterocycles. The highest BCUT2D eigenvalue weighted by Crippen LogP contribution is 2.27. The Kier molecular flexibility index (Phi) is 5.93. The van der Waals surface area contributed by atoms with Gasteiger partial charge in [-0.2, -0.15) is 4.98 Å². The van der Waals surface area contributed by atoms with Gasteiger partial charge in [0.15, 0.2) is 5.82 Å². The number of nitrogens with zero attached hydrogens (tertiary/aromatic N) is 4. The van der Waals surface area contributed by atoms with Gasteiger partial charge in [0, 0.05) is 45.2 Å². The fourth-order valence-corrected chi connectivity index (χ4v) is 4.35. The SMILES string of the molecule is CN(Cc1nc(C2CCN(S(C)(=O)=O)CC2)no1)C(=O)C1CCOCC1. The number of carbonyl (C=O) groups is 1. The fraction of sp³-hybridized carbons (Fsp3) is 0.812. The van der Waals surface area contributed by atoms with Crippen LogP contribution in [0.1, 0.15) is 43.3 Å². The Morgan fingerprint density at radius 1 is 1.23 bits per heavy atom. The Morgan fingerprint density at radius 3 is 2.50 bits per heavy atom. The highest BCUT2D eigenvalue weighted by molar-refractivity contribution is 7.88. The van der Waals surface area contributed by atoms with Crippen molar-refractivity contribution < 1.29 is 22.5 Å². The van der Waals surface area contributed by atoms with E-state index >= 15 is 0 Å². The summed E-state index contributed by atoms with van der Waals surface area (Å²) >= 11 is 0. The second-order valence-electron chi connectivity index (χ2n) is 7.06. The maximum absolute atomic E-state index is 12.5. The first-order valence-corrected chi connectivity index (χ1v) is 10.8. The molecule has 2 aliphatic heterocycles. The van der Waals surface area contributed by atoms with Crippen molar-refractivity contribution in [2.45, 2.75) is 38.1 Å². The van der Waals surface area contributed by atoms with Gasteiger partial charge < -0.3 is 14.2 Å². The van der Waals surface area contributed by atoms with Crippen molar-refractivity contribution in [3.63, 3.8) is 0 Å². The van der Waals surface area contributed by atoms with Gasteiger partial charge in [-0.3, -0.25) is 4.79 Å². The van der Waals surface area contributed by atoms with Crippen LogP contribution in [-0.4, -0.2) is 73.3 Å². The summed E-state index contributed by atoms with van der Waals surface area (Å²) in [5, 5.41) is 4.04. The third-order valence-electron chi connectivity index (χ3n) is 5.09. The van der Waals surface area contributed by atoms with Gasteiger partial charge in [-0.25, -0.2) is 12.7 Å². The molecule has 146 valence electrons. The molecule has 0 N–H and O–H groups in total. The van der Waals surface area contributed by atoms with Gasteiger partial charge in [0.25, 0.3) is 0 Å². The number of hydrogen-bond acceptors (Lipinski definition) is 7. The van der Waals surface area contributed by atoms with E-state index in [0.717, 1.165) is 12.8 Å². The average molecular weight is 386 g/mol. The summed E-state index contributed by atoms with van der Waals surface area (Å²) in [5.74, 6) is 1.17. The molecule has 2 aliphatic rings. The molecule has 2 saturated heterocycles. The van der Waals surface area contributed by atoms with Crippen LogP contribution in [0.2, 0.25) is 0 Å². The Hall–Kier alpha value is -1.52. The van der Waals surface area contributed by atoms with Crippen LogP contribution < -0.4 is 0 Å². The molecule has 3 rings (SSSR count). The number of rotatable bonds is 5. The first-order chi connectivity index (χ1) is 12.3. The van der Waals surface area contributed by atoms with Gasteiger partial charge in [-0.1, -0.05) is 5.16 Å². The van der Waals surface area contributed by atoms with E-state index in [2.05, 4.69) is 10.1 Å². The number of piperidine rings is 1. The lowest BCUT2D eigenvalue weighted by Crippen LogP contribution is -2.37. The minimum Gasteiger partial charge on any atom is -0.381 e. The molecular weight excluding hydrogens is 360 g/mol. The van der Waals surface area contributed by atoms with Crippen LogP contribution >= 0.6 is 0 Å². The normalized spacial score (nSPS) is 21.0. The number of hydrogen-bond donors (Lipinski definition) is 0. The van der Waals surface area contributed by atoms with Crippen LogP contribution in [0.25, 0.3) is 0 Å². The smallest absolute Gasteiger partial charge is 0.246 e. The molecule has 0 spiro atoms. The summed E-state index contributed by atoms with van der Waals surface area (Å²) in [7, 11) is -1.40. The van der Waals surface area contributed by atoms with E-state index in [-0.39, 0.29) is 24.3 Å². The molecule has 1 amide bonds. The quantitative estimate of drug-likeness (QED) is 0.729. The lowest BCUT2D eigenvalue weighted by molar-refractivity contribution is -0.138. The Balaban J connectivity index is 1.54. The van der Waals surface area contributed by atoms with Crippen molar-refractivity contribution in [2.24, 2.45) is 5.92 Å². The molecule has 1 aromatic heterocycles. The minimum absolute atomic E-state index is 0.00328. The molecule has 0 aliphatic carbocycles. The second-order valence-corrected chi connectivity index (χ2v) is 9.05. The van der Waals surface area contributed by atoms with E-state index in [4.69, 9.17) is 9.26 Å². The number of aromatic nitrogens is 2. The van der Waals surface area contributed by atoms with E-state index in [9.17, 15) is 13.2 Å². The van der Waals surface area contributed by atoms with Crippen molar-refractivity contribution in [3.8, 4) is 0 Å². The summed E-state index contributed by atoms with van der Waals surface area (Å²) in [6.07, 6.45) is 4.06. The summed E-state index contributed by atoms with van der Waals surface area (Å²) in [6, 6.07) is 0. The molecule has 26 heavy (non-hydrogen) atoms. The lowest BCUT2D eigenvalue weighted by atomic mass is 9.97. The van der Waals surface area contributed by atoms with Crippen molar-refractivity contribution in [1.82, 2.24) is 19.3 Å². The number of sulfonamides is 1. The number of ether oxygens (including phenoxy) is 1. The van der Waals surface area contributed by atoms with Crippen molar-refractivity contribution >= 4 is 15.9 Å². The maximum atomic E-state index is 12.5. The third kappa shape index (κ3) is 4.60. The predicted molar refractivity (Wildman–Crippen MR) is 92.7 cm³/mol. The minimum atomic E-state index is -3.15. The standard InChI is InChI=1S/C16H26N4O5S/c1-19(16(21)13-5-9-24-10-6-13)11-14-17-15(18-25-14)12-3-7-20(8-4-12)26(2,22)23/h12-13H,3-11H2,1-2H3. The monoisotopic (exact) mass is 386 g/mol. The van der Waals surface area contributed by atoms with Gasteiger partial charge in [0.2, 0.25) is 21.8 Å². The summed E-state index contributed by atoms with van der Waals surface area (Å²) in [5.41, 5.74) is 0. The molecule has 0 unspecified atom stereocenters. The molecule has 9 nitrogen and oxygen atoms in total. The molecule has 0 radical (unpaired) electrons. The van der Waals surface area contributed by atoms with E-state index in [1.807, 2.05) is 0 Å². The first kappa shape index (κ1) is 19.2. The van der Waals surface area contributed by atoms with Crippen molar-refractivity contribution in [1.29, 1.82) is 0 Å². The topological polar surface area (TPSA) is 106 Å². The van der Waals surface area contributed by atoms with Crippen LogP contribution in [-0.2, 0) is 26.1 Å². The Bertz CT molecular complexity index is 721. The van der Waals surface area contributed by atoms with Crippen LogP contribution in [0.4, 0.5) is 0 Å². The number of amides is 1. The zero-order valence-corrected chi connectivity index (χ0v) is 16.1. The molecule has 0 saturated carbocycles. The van der Waals surface area contributed by atoms with Crippen LogP contribution in [0.15, 0.2) is 4.52 Å². The Morgan fingerprint density at radius 2 is 1.88 bits per heavy atom. The zero-order chi connectivity index (χ0) is 18.7. The second kappa shape index (κ2) is 8.01. The summed E-state index contributed by atoms with van der Waals surface area (Å²) in [6.45, 7) is 2.47. The highest BCUT2D eigenvalue weighted by Gasteiger charge is 2.29. The molecule has 1 aromatic rings. The highest BCUT2D eigenvalue weighted by atomic mass is 32.2. The van der Waals surface area contributed by atoms with Gasteiger partial charge in [-0.05, 0) is 25.7 Å². The largest absolute Gasteiger partial charge is 0.381 e. The van der Waals surface area contributed by atoms with E-state index in [1.165, 1.54) is 10.6 Å². The summed E-state index contributed by atoms with van der Waals surface area (Å²) in [4.78, 5) is 18.5. The van der Waals surface area contributed by atoms with Gasteiger partial charge in [-0.15, -0.1) is 0 Å². The zero-order valence-electron chi connectivity index (χ0n) is 15.3. The predicted octanol–water partition coefficient (Wildman–Crippen LogP) is 0.594. The Labute approximate surface area is 153 Å². The van der Waals surface area contributed by atoms with Crippen LogP contribution in [0.3, 0.4) is 0 Å². The molecule has 0 atom stereocenters. The van der Waals surface area contributed by atoms with Crippen molar-refractivity contribution in [3.05, 3.63) is 11.7 Å². The molecule has 10 heteroatoms. The molecule has 0 aromatic carbocycles. The molecule has 2 fully saturated rings.